The van der Waals surface area contributed by atoms with Gasteiger partial charge in [0.2, 0.25) is 5.88 Å². The van der Waals surface area contributed by atoms with Crippen LogP contribution in [0.3, 0.4) is 0 Å². The van der Waals surface area contributed by atoms with E-state index in [9.17, 15) is 0 Å². The molecule has 1 aromatic carbocycles. The van der Waals surface area contributed by atoms with Crippen LogP contribution in [0, 0.1) is 6.92 Å². The van der Waals surface area contributed by atoms with Crippen LogP contribution < -0.4 is 4.74 Å². The molecule has 0 spiro atoms. The van der Waals surface area contributed by atoms with Crippen LogP contribution in [-0.4, -0.2) is 16.9 Å². The van der Waals surface area contributed by atoms with Crippen molar-refractivity contribution in [3.63, 3.8) is 0 Å². The third kappa shape index (κ3) is 3.04. The van der Waals surface area contributed by atoms with Gasteiger partial charge in [-0.05, 0) is 37.6 Å². The van der Waals surface area contributed by atoms with Crippen LogP contribution in [0.5, 0.6) is 5.88 Å². The maximum Gasteiger partial charge on any atom is 0.215 e. The second-order valence-electron chi connectivity index (χ2n) is 4.34. The fourth-order valence-electron chi connectivity index (χ4n) is 2.16. The monoisotopic (exact) mass is 298 g/mol. The second kappa shape index (κ2) is 5.85. The van der Waals surface area contributed by atoms with Crippen LogP contribution in [0.25, 0.3) is 0 Å². The first-order valence-electron chi connectivity index (χ1n) is 6.10. The van der Waals surface area contributed by atoms with E-state index >= 15 is 0 Å². The minimum absolute atomic E-state index is 0.641. The highest BCUT2D eigenvalue weighted by Crippen LogP contribution is 2.27. The molecule has 2 aromatic rings. The van der Waals surface area contributed by atoms with Gasteiger partial charge in [-0.25, -0.2) is 4.68 Å². The molecule has 0 bridgehead atoms. The predicted octanol–water partition coefficient (Wildman–Crippen LogP) is 4.12. The average molecular weight is 299 g/mol. The third-order valence-corrected chi connectivity index (χ3v) is 3.43. The summed E-state index contributed by atoms with van der Waals surface area (Å²) in [6.07, 6.45) is 0.704. The molecule has 0 aliphatic rings. The molecule has 0 aliphatic carbocycles. The quantitative estimate of drug-likeness (QED) is 0.849. The van der Waals surface area contributed by atoms with E-state index in [1.54, 1.807) is 13.2 Å². The molecule has 0 atom stereocenters. The molecule has 0 N–H and O–H groups in total. The molecular formula is C14H16Cl2N2O. The van der Waals surface area contributed by atoms with Crippen molar-refractivity contribution in [2.24, 2.45) is 0 Å². The predicted molar refractivity (Wildman–Crippen MR) is 78.5 cm³/mol. The van der Waals surface area contributed by atoms with Gasteiger partial charge in [-0.3, -0.25) is 0 Å². The van der Waals surface area contributed by atoms with Crippen LogP contribution in [0.15, 0.2) is 18.2 Å². The lowest BCUT2D eigenvalue weighted by molar-refractivity contribution is 0.360. The number of nitrogens with zero attached hydrogens (tertiary/aromatic N) is 2. The normalized spacial score (nSPS) is 10.8. The number of methoxy groups -OCH3 is 1. The molecule has 3 nitrogen and oxygen atoms in total. The van der Waals surface area contributed by atoms with Gasteiger partial charge >= 0.3 is 0 Å². The Morgan fingerprint density at radius 2 is 1.84 bits per heavy atom. The molecule has 0 aliphatic heterocycles. The smallest absolute Gasteiger partial charge is 0.215 e. The lowest BCUT2D eigenvalue weighted by Crippen LogP contribution is -2.01. The number of hydrogen-bond donors (Lipinski definition) is 0. The Morgan fingerprint density at radius 3 is 2.37 bits per heavy atom. The third-order valence-electron chi connectivity index (χ3n) is 3.00. The zero-order chi connectivity index (χ0) is 14.0. The highest BCUT2D eigenvalue weighted by molar-refractivity contribution is 6.34. The number of ether oxygens (including phenoxy) is 1. The topological polar surface area (TPSA) is 27.1 Å². The molecular weight excluding hydrogens is 283 g/mol. The van der Waals surface area contributed by atoms with Gasteiger partial charge in [-0.15, -0.1) is 0 Å². The summed E-state index contributed by atoms with van der Waals surface area (Å²) in [4.78, 5) is 0. The lowest BCUT2D eigenvalue weighted by atomic mass is 10.1. The van der Waals surface area contributed by atoms with E-state index in [-0.39, 0.29) is 0 Å². The number of benzene rings is 1. The first-order valence-corrected chi connectivity index (χ1v) is 6.86. The van der Waals surface area contributed by atoms with Crippen molar-refractivity contribution in [1.82, 2.24) is 9.78 Å². The standard InChI is InChI=1S/C14H16Cl2N2O/c1-4-18-14(19-3)13(9(2)17-18)7-10-5-11(15)8-12(16)6-10/h5-6,8H,4,7H2,1-3H3. The van der Waals surface area contributed by atoms with Gasteiger partial charge in [0, 0.05) is 28.6 Å². The highest BCUT2D eigenvalue weighted by Gasteiger charge is 2.15. The van der Waals surface area contributed by atoms with E-state index in [0.29, 0.717) is 16.5 Å². The Hall–Kier alpha value is -1.19. The second-order valence-corrected chi connectivity index (χ2v) is 5.22. The number of aryl methyl sites for hydroxylation is 2. The lowest BCUT2D eigenvalue weighted by Gasteiger charge is -2.07. The van der Waals surface area contributed by atoms with Crippen LogP contribution in [-0.2, 0) is 13.0 Å². The van der Waals surface area contributed by atoms with E-state index in [4.69, 9.17) is 27.9 Å². The molecule has 1 heterocycles. The van der Waals surface area contributed by atoms with Gasteiger partial charge in [-0.1, -0.05) is 23.2 Å². The summed E-state index contributed by atoms with van der Waals surface area (Å²) in [6, 6.07) is 5.55. The van der Waals surface area contributed by atoms with Gasteiger partial charge in [0.05, 0.1) is 12.8 Å². The van der Waals surface area contributed by atoms with Crippen LogP contribution in [0.4, 0.5) is 0 Å². The summed E-state index contributed by atoms with van der Waals surface area (Å²) >= 11 is 12.1. The Labute approximate surface area is 123 Å². The maximum atomic E-state index is 6.03. The van der Waals surface area contributed by atoms with E-state index < -0.39 is 0 Å². The minimum atomic E-state index is 0.641. The highest BCUT2D eigenvalue weighted by atomic mass is 35.5. The minimum Gasteiger partial charge on any atom is -0.481 e. The van der Waals surface area contributed by atoms with Crippen molar-refractivity contribution in [2.45, 2.75) is 26.8 Å². The van der Waals surface area contributed by atoms with E-state index in [1.807, 2.05) is 30.7 Å². The molecule has 0 radical (unpaired) electrons. The summed E-state index contributed by atoms with van der Waals surface area (Å²) < 4.78 is 7.31. The summed E-state index contributed by atoms with van der Waals surface area (Å²) in [6.45, 7) is 4.80. The molecule has 0 saturated carbocycles. The molecule has 19 heavy (non-hydrogen) atoms. The zero-order valence-electron chi connectivity index (χ0n) is 11.2. The van der Waals surface area contributed by atoms with Gasteiger partial charge in [0.15, 0.2) is 0 Å². The molecule has 1 aromatic heterocycles. The van der Waals surface area contributed by atoms with Gasteiger partial charge in [0.25, 0.3) is 0 Å². The summed E-state index contributed by atoms with van der Waals surface area (Å²) in [5, 5.41) is 5.75. The molecule has 0 fully saturated rings. The Bertz CT molecular complexity index is 573. The molecule has 102 valence electrons. The molecule has 5 heteroatoms. The largest absolute Gasteiger partial charge is 0.481 e. The van der Waals surface area contributed by atoms with Gasteiger partial charge in [-0.2, -0.15) is 5.10 Å². The first-order chi connectivity index (χ1) is 9.05. The number of halogens is 2. The van der Waals surface area contributed by atoms with Crippen molar-refractivity contribution in [2.75, 3.05) is 7.11 Å². The van der Waals surface area contributed by atoms with Crippen molar-refractivity contribution in [3.8, 4) is 5.88 Å². The SMILES string of the molecule is CCn1nc(C)c(Cc2cc(Cl)cc(Cl)c2)c1OC. The van der Waals surface area contributed by atoms with Crippen molar-refractivity contribution in [1.29, 1.82) is 0 Å². The Balaban J connectivity index is 2.40. The first kappa shape index (κ1) is 14.2. The molecule has 0 amide bonds. The van der Waals surface area contributed by atoms with Crippen LogP contribution >= 0.6 is 23.2 Å². The number of aromatic nitrogens is 2. The summed E-state index contributed by atoms with van der Waals surface area (Å²) in [7, 11) is 1.66. The van der Waals surface area contributed by atoms with Gasteiger partial charge in [0.1, 0.15) is 0 Å². The maximum absolute atomic E-state index is 6.03. The van der Waals surface area contributed by atoms with Gasteiger partial charge < -0.3 is 4.74 Å². The van der Waals surface area contributed by atoms with E-state index in [0.717, 1.165) is 29.2 Å². The molecule has 0 unspecified atom stereocenters. The van der Waals surface area contributed by atoms with E-state index in [2.05, 4.69) is 5.10 Å². The van der Waals surface area contributed by atoms with E-state index in [1.165, 1.54) is 0 Å². The zero-order valence-corrected chi connectivity index (χ0v) is 12.7. The van der Waals surface area contributed by atoms with Crippen molar-refractivity contribution < 1.29 is 4.74 Å². The average Bonchev–Trinajstić information content (AvgIpc) is 2.64. The van der Waals surface area contributed by atoms with Crippen LogP contribution in [0.2, 0.25) is 10.0 Å². The van der Waals surface area contributed by atoms with Crippen molar-refractivity contribution >= 4 is 23.2 Å². The summed E-state index contributed by atoms with van der Waals surface area (Å²) in [5.74, 6) is 0.802. The molecule has 2 rings (SSSR count). The number of hydrogen-bond acceptors (Lipinski definition) is 2. The summed E-state index contributed by atoms with van der Waals surface area (Å²) in [5.41, 5.74) is 3.09. The number of rotatable bonds is 4. The van der Waals surface area contributed by atoms with Crippen LogP contribution in [0.1, 0.15) is 23.7 Å². The fraction of sp³-hybridized carbons (Fsp3) is 0.357. The fourth-order valence-corrected chi connectivity index (χ4v) is 2.73. The Morgan fingerprint density at radius 1 is 1.21 bits per heavy atom. The molecule has 0 saturated heterocycles. The Kier molecular flexibility index (Phi) is 4.38. The van der Waals surface area contributed by atoms with Crippen molar-refractivity contribution in [3.05, 3.63) is 45.1 Å².